The van der Waals surface area contributed by atoms with E-state index in [0.717, 1.165) is 30.6 Å². The van der Waals surface area contributed by atoms with Gasteiger partial charge in [-0.3, -0.25) is 4.79 Å². The van der Waals surface area contributed by atoms with Gasteiger partial charge in [-0.15, -0.1) is 0 Å². The van der Waals surface area contributed by atoms with E-state index in [9.17, 15) is 4.79 Å². The van der Waals surface area contributed by atoms with Crippen LogP contribution >= 0.6 is 12.6 Å². The third kappa shape index (κ3) is 3.88. The fourth-order valence-electron chi connectivity index (χ4n) is 3.64. The summed E-state index contributed by atoms with van der Waals surface area (Å²) >= 11 is 4.75. The summed E-state index contributed by atoms with van der Waals surface area (Å²) in [5.74, 6) is 3.23. The Morgan fingerprint density at radius 2 is 2.22 bits per heavy atom. The van der Waals surface area contributed by atoms with Gasteiger partial charge in [0.2, 0.25) is 0 Å². The number of hydrogen-bond donors (Lipinski definition) is 1. The standard InChI is InChI=1S/C16H28OS/c1-5-13(17)9-7-8-11(3)15-10-16(18)14(6-2)12(15)4/h5,11-12,14-16,18H,1,6-10H2,2-4H3. The van der Waals surface area contributed by atoms with Gasteiger partial charge in [-0.25, -0.2) is 0 Å². The van der Waals surface area contributed by atoms with E-state index in [-0.39, 0.29) is 5.78 Å². The van der Waals surface area contributed by atoms with Gasteiger partial charge in [-0.05, 0) is 42.6 Å². The first-order chi connectivity index (χ1) is 8.51. The number of thiol groups is 1. The first-order valence-electron chi connectivity index (χ1n) is 7.34. The Morgan fingerprint density at radius 1 is 1.56 bits per heavy atom. The van der Waals surface area contributed by atoms with Crippen molar-refractivity contribution in [2.24, 2.45) is 23.7 Å². The van der Waals surface area contributed by atoms with Crippen LogP contribution < -0.4 is 0 Å². The van der Waals surface area contributed by atoms with E-state index >= 15 is 0 Å². The second kappa shape index (κ2) is 7.37. The minimum absolute atomic E-state index is 0.181. The summed E-state index contributed by atoms with van der Waals surface area (Å²) in [6.07, 6.45) is 6.76. The third-order valence-electron chi connectivity index (χ3n) is 4.87. The number of allylic oxidation sites excluding steroid dienone is 1. The van der Waals surface area contributed by atoms with Crippen LogP contribution in [0.1, 0.15) is 52.9 Å². The molecule has 0 aromatic rings. The molecule has 104 valence electrons. The molecule has 1 rings (SSSR count). The Labute approximate surface area is 118 Å². The summed E-state index contributed by atoms with van der Waals surface area (Å²) in [7, 11) is 0. The van der Waals surface area contributed by atoms with Crippen LogP contribution in [0, 0.1) is 23.7 Å². The first kappa shape index (κ1) is 15.8. The van der Waals surface area contributed by atoms with E-state index in [4.69, 9.17) is 12.6 Å². The minimum atomic E-state index is 0.181. The Bertz CT molecular complexity index is 287. The molecule has 0 aliphatic heterocycles. The van der Waals surface area contributed by atoms with E-state index in [1.807, 2.05) is 0 Å². The molecule has 1 fully saturated rings. The lowest BCUT2D eigenvalue weighted by molar-refractivity contribution is -0.114. The van der Waals surface area contributed by atoms with Crippen LogP contribution in [0.5, 0.6) is 0 Å². The number of carbonyl (C=O) groups is 1. The Hall–Kier alpha value is -0.240. The van der Waals surface area contributed by atoms with Crippen LogP contribution in [0.3, 0.4) is 0 Å². The van der Waals surface area contributed by atoms with Gasteiger partial charge in [0.15, 0.2) is 5.78 Å². The Morgan fingerprint density at radius 3 is 2.72 bits per heavy atom. The summed E-state index contributed by atoms with van der Waals surface area (Å²) in [5, 5.41) is 0.576. The van der Waals surface area contributed by atoms with E-state index in [1.54, 1.807) is 0 Å². The zero-order valence-corrected chi connectivity index (χ0v) is 13.0. The molecule has 1 saturated carbocycles. The maximum Gasteiger partial charge on any atom is 0.155 e. The highest BCUT2D eigenvalue weighted by atomic mass is 32.1. The van der Waals surface area contributed by atoms with Gasteiger partial charge in [-0.1, -0.05) is 40.2 Å². The highest BCUT2D eigenvalue weighted by Crippen LogP contribution is 2.46. The molecule has 0 aromatic carbocycles. The average Bonchev–Trinajstić information content (AvgIpc) is 2.64. The van der Waals surface area contributed by atoms with Crippen LogP contribution in [0.25, 0.3) is 0 Å². The molecule has 1 aliphatic carbocycles. The molecule has 18 heavy (non-hydrogen) atoms. The van der Waals surface area contributed by atoms with Gasteiger partial charge < -0.3 is 0 Å². The van der Waals surface area contributed by atoms with Crippen molar-refractivity contribution in [2.45, 2.75) is 58.1 Å². The molecule has 1 nitrogen and oxygen atoms in total. The van der Waals surface area contributed by atoms with Crippen molar-refractivity contribution in [2.75, 3.05) is 0 Å². The fourth-order valence-corrected chi connectivity index (χ4v) is 4.37. The molecule has 1 aliphatic rings. The molecule has 0 radical (unpaired) electrons. The summed E-state index contributed by atoms with van der Waals surface area (Å²) in [6.45, 7) is 10.5. The van der Waals surface area contributed by atoms with Crippen molar-refractivity contribution < 1.29 is 4.79 Å². The van der Waals surface area contributed by atoms with Gasteiger partial charge in [0.05, 0.1) is 0 Å². The fraction of sp³-hybridized carbons (Fsp3) is 0.812. The topological polar surface area (TPSA) is 17.1 Å². The molecule has 5 atom stereocenters. The number of ketones is 1. The van der Waals surface area contributed by atoms with Crippen LogP contribution in [0.2, 0.25) is 0 Å². The number of carbonyl (C=O) groups excluding carboxylic acids is 1. The second-order valence-corrected chi connectivity index (χ2v) is 6.60. The molecule has 0 saturated heterocycles. The molecule has 0 aromatic heterocycles. The summed E-state index contributed by atoms with van der Waals surface area (Å²) in [5.41, 5.74) is 0. The zero-order chi connectivity index (χ0) is 13.7. The van der Waals surface area contributed by atoms with Crippen LogP contribution in [0.4, 0.5) is 0 Å². The van der Waals surface area contributed by atoms with Gasteiger partial charge in [-0.2, -0.15) is 12.6 Å². The van der Waals surface area contributed by atoms with E-state index in [1.165, 1.54) is 18.9 Å². The monoisotopic (exact) mass is 268 g/mol. The zero-order valence-electron chi connectivity index (χ0n) is 12.1. The molecule has 5 unspecified atom stereocenters. The largest absolute Gasteiger partial charge is 0.295 e. The van der Waals surface area contributed by atoms with E-state index in [0.29, 0.717) is 17.6 Å². The first-order valence-corrected chi connectivity index (χ1v) is 7.86. The lowest BCUT2D eigenvalue weighted by atomic mass is 9.80. The smallest absolute Gasteiger partial charge is 0.155 e. The predicted molar refractivity (Wildman–Crippen MR) is 82.0 cm³/mol. The summed E-state index contributed by atoms with van der Waals surface area (Å²) < 4.78 is 0. The van der Waals surface area contributed by atoms with Crippen LogP contribution in [-0.2, 0) is 4.79 Å². The Kier molecular flexibility index (Phi) is 6.48. The normalized spacial score (nSPS) is 33.3. The van der Waals surface area contributed by atoms with Gasteiger partial charge >= 0.3 is 0 Å². The van der Waals surface area contributed by atoms with Gasteiger partial charge in [0.1, 0.15) is 0 Å². The average molecular weight is 268 g/mol. The maximum atomic E-state index is 11.2. The van der Waals surface area contributed by atoms with Crippen molar-refractivity contribution in [3.8, 4) is 0 Å². The molecule has 0 bridgehead atoms. The number of rotatable bonds is 7. The van der Waals surface area contributed by atoms with Crippen LogP contribution in [0.15, 0.2) is 12.7 Å². The molecular formula is C16H28OS. The summed E-state index contributed by atoms with van der Waals surface area (Å²) in [6, 6.07) is 0. The van der Waals surface area contributed by atoms with Gasteiger partial charge in [0.25, 0.3) is 0 Å². The molecular weight excluding hydrogens is 240 g/mol. The summed E-state index contributed by atoms with van der Waals surface area (Å²) in [4.78, 5) is 11.2. The Balaban J connectivity index is 2.40. The molecule has 2 heteroatoms. The highest BCUT2D eigenvalue weighted by molar-refractivity contribution is 7.81. The van der Waals surface area contributed by atoms with E-state index in [2.05, 4.69) is 27.4 Å². The SMILES string of the molecule is C=CC(=O)CCCC(C)C1CC(S)C(CC)C1C. The van der Waals surface area contributed by atoms with Crippen molar-refractivity contribution >= 4 is 18.4 Å². The lowest BCUT2D eigenvalue weighted by Gasteiger charge is -2.25. The molecule has 0 N–H and O–H groups in total. The molecule has 0 spiro atoms. The van der Waals surface area contributed by atoms with Crippen molar-refractivity contribution in [3.05, 3.63) is 12.7 Å². The second-order valence-electron chi connectivity index (χ2n) is 5.94. The van der Waals surface area contributed by atoms with E-state index < -0.39 is 0 Å². The molecule has 0 heterocycles. The van der Waals surface area contributed by atoms with Crippen molar-refractivity contribution in [3.63, 3.8) is 0 Å². The number of hydrogen-bond acceptors (Lipinski definition) is 2. The third-order valence-corrected chi connectivity index (χ3v) is 5.46. The minimum Gasteiger partial charge on any atom is -0.295 e. The molecule has 0 amide bonds. The highest BCUT2D eigenvalue weighted by Gasteiger charge is 2.39. The lowest BCUT2D eigenvalue weighted by Crippen LogP contribution is -2.18. The quantitative estimate of drug-likeness (QED) is 0.530. The maximum absolute atomic E-state index is 11.2. The van der Waals surface area contributed by atoms with Crippen molar-refractivity contribution in [1.29, 1.82) is 0 Å². The van der Waals surface area contributed by atoms with Crippen LogP contribution in [-0.4, -0.2) is 11.0 Å². The predicted octanol–water partition coefficient (Wildman–Crippen LogP) is 4.53. The van der Waals surface area contributed by atoms with Gasteiger partial charge in [0, 0.05) is 11.7 Å². The van der Waals surface area contributed by atoms with Crippen molar-refractivity contribution in [1.82, 2.24) is 0 Å².